The number of rotatable bonds is 7. The van der Waals surface area contributed by atoms with Crippen molar-refractivity contribution in [2.75, 3.05) is 25.9 Å². The Bertz CT molecular complexity index is 289. The second-order valence-electron chi connectivity index (χ2n) is 3.19. The SMILES string of the molecule is CCN(CCCCNC(=O)O)S(C)(=O)=O. The van der Waals surface area contributed by atoms with Gasteiger partial charge < -0.3 is 10.4 Å². The molecule has 0 spiro atoms. The van der Waals surface area contributed by atoms with Gasteiger partial charge in [-0.1, -0.05) is 6.92 Å². The number of sulfonamides is 1. The van der Waals surface area contributed by atoms with Gasteiger partial charge in [-0.15, -0.1) is 0 Å². The minimum absolute atomic E-state index is 0.358. The monoisotopic (exact) mass is 238 g/mol. The van der Waals surface area contributed by atoms with Gasteiger partial charge in [0.1, 0.15) is 0 Å². The molecular weight excluding hydrogens is 220 g/mol. The summed E-state index contributed by atoms with van der Waals surface area (Å²) < 4.78 is 23.7. The third kappa shape index (κ3) is 7.15. The smallest absolute Gasteiger partial charge is 0.404 e. The fraction of sp³-hybridized carbons (Fsp3) is 0.875. The van der Waals surface area contributed by atoms with Crippen molar-refractivity contribution in [3.8, 4) is 0 Å². The first kappa shape index (κ1) is 14.2. The van der Waals surface area contributed by atoms with Gasteiger partial charge in [0, 0.05) is 19.6 Å². The van der Waals surface area contributed by atoms with Crippen molar-refractivity contribution in [3.05, 3.63) is 0 Å². The van der Waals surface area contributed by atoms with Crippen molar-refractivity contribution in [1.82, 2.24) is 9.62 Å². The van der Waals surface area contributed by atoms with Gasteiger partial charge in [-0.25, -0.2) is 17.5 Å². The quantitative estimate of drug-likeness (QED) is 0.625. The average Bonchev–Trinajstić information content (AvgIpc) is 2.08. The van der Waals surface area contributed by atoms with Crippen LogP contribution in [0.25, 0.3) is 0 Å². The third-order valence-electron chi connectivity index (χ3n) is 1.93. The highest BCUT2D eigenvalue weighted by molar-refractivity contribution is 7.88. The number of nitrogens with one attached hydrogen (secondary N) is 1. The second-order valence-corrected chi connectivity index (χ2v) is 5.18. The highest BCUT2D eigenvalue weighted by Gasteiger charge is 2.12. The molecule has 15 heavy (non-hydrogen) atoms. The first-order valence-corrected chi connectivity index (χ1v) is 6.64. The molecule has 0 aromatic rings. The molecule has 0 aliphatic heterocycles. The molecule has 0 aromatic carbocycles. The minimum atomic E-state index is -3.12. The Hall–Kier alpha value is -0.820. The predicted molar refractivity (Wildman–Crippen MR) is 57.4 cm³/mol. The highest BCUT2D eigenvalue weighted by atomic mass is 32.2. The van der Waals surface area contributed by atoms with E-state index >= 15 is 0 Å². The molecule has 0 fully saturated rings. The Morgan fingerprint density at radius 1 is 1.40 bits per heavy atom. The molecule has 2 N–H and O–H groups in total. The molecule has 0 aromatic heterocycles. The van der Waals surface area contributed by atoms with Crippen LogP contribution in [-0.2, 0) is 10.0 Å². The van der Waals surface area contributed by atoms with E-state index in [0.29, 0.717) is 32.5 Å². The summed E-state index contributed by atoms with van der Waals surface area (Å²) in [5.41, 5.74) is 0. The van der Waals surface area contributed by atoms with E-state index in [-0.39, 0.29) is 0 Å². The number of hydrogen-bond acceptors (Lipinski definition) is 3. The summed E-state index contributed by atoms with van der Waals surface area (Å²) in [5, 5.41) is 10.5. The van der Waals surface area contributed by atoms with Gasteiger partial charge in [0.2, 0.25) is 10.0 Å². The number of nitrogens with zero attached hydrogens (tertiary/aromatic N) is 1. The number of hydrogen-bond donors (Lipinski definition) is 2. The van der Waals surface area contributed by atoms with E-state index in [2.05, 4.69) is 5.32 Å². The number of amides is 1. The normalized spacial score (nSPS) is 11.7. The lowest BCUT2D eigenvalue weighted by molar-refractivity contribution is 0.194. The maximum Gasteiger partial charge on any atom is 0.404 e. The summed E-state index contributed by atoms with van der Waals surface area (Å²) in [4.78, 5) is 10.1. The fourth-order valence-electron chi connectivity index (χ4n) is 1.17. The first-order chi connectivity index (χ1) is 6.88. The molecule has 1 amide bonds. The Balaban J connectivity index is 3.70. The van der Waals surface area contributed by atoms with E-state index in [1.807, 2.05) is 0 Å². The molecule has 0 saturated heterocycles. The fourth-order valence-corrected chi connectivity index (χ4v) is 2.10. The Kier molecular flexibility index (Phi) is 6.26. The van der Waals surface area contributed by atoms with Gasteiger partial charge in [0.15, 0.2) is 0 Å². The van der Waals surface area contributed by atoms with Crippen LogP contribution in [0.5, 0.6) is 0 Å². The van der Waals surface area contributed by atoms with Crippen LogP contribution >= 0.6 is 0 Å². The van der Waals surface area contributed by atoms with Gasteiger partial charge in [0.05, 0.1) is 6.26 Å². The largest absolute Gasteiger partial charge is 0.465 e. The zero-order valence-corrected chi connectivity index (χ0v) is 9.88. The van der Waals surface area contributed by atoms with Crippen LogP contribution in [0.4, 0.5) is 4.79 Å². The molecule has 0 rings (SSSR count). The molecule has 6 nitrogen and oxygen atoms in total. The first-order valence-electron chi connectivity index (χ1n) is 4.80. The van der Waals surface area contributed by atoms with Crippen LogP contribution in [0.15, 0.2) is 0 Å². The maximum atomic E-state index is 11.2. The van der Waals surface area contributed by atoms with E-state index in [0.717, 1.165) is 0 Å². The molecule has 90 valence electrons. The van der Waals surface area contributed by atoms with Crippen molar-refractivity contribution in [1.29, 1.82) is 0 Å². The molecule has 0 heterocycles. The minimum Gasteiger partial charge on any atom is -0.465 e. The Labute approximate surface area is 90.3 Å². The van der Waals surface area contributed by atoms with Crippen LogP contribution in [0, 0.1) is 0 Å². The van der Waals surface area contributed by atoms with Crippen LogP contribution in [0.3, 0.4) is 0 Å². The summed E-state index contributed by atoms with van der Waals surface area (Å²) in [7, 11) is -3.12. The molecule has 0 radical (unpaired) electrons. The van der Waals surface area contributed by atoms with Crippen LogP contribution in [-0.4, -0.2) is 49.8 Å². The topological polar surface area (TPSA) is 86.7 Å². The van der Waals surface area contributed by atoms with Crippen LogP contribution in [0.2, 0.25) is 0 Å². The van der Waals surface area contributed by atoms with E-state index in [1.54, 1.807) is 6.92 Å². The van der Waals surface area contributed by atoms with Gasteiger partial charge >= 0.3 is 6.09 Å². The molecule has 0 bridgehead atoms. The lowest BCUT2D eigenvalue weighted by Crippen LogP contribution is -2.31. The standard InChI is InChI=1S/C8H18N2O4S/c1-3-10(15(2,13)14)7-5-4-6-9-8(11)12/h9H,3-7H2,1-2H3,(H,11,12). The highest BCUT2D eigenvalue weighted by Crippen LogP contribution is 2.00. The van der Waals surface area contributed by atoms with E-state index in [4.69, 9.17) is 5.11 Å². The number of carboxylic acid groups (broad SMARTS) is 1. The molecule has 0 atom stereocenters. The molecule has 0 aliphatic carbocycles. The lowest BCUT2D eigenvalue weighted by atomic mass is 10.3. The van der Waals surface area contributed by atoms with Crippen molar-refractivity contribution >= 4 is 16.1 Å². The number of unbranched alkanes of at least 4 members (excludes halogenated alkanes) is 1. The second kappa shape index (κ2) is 6.62. The summed E-state index contributed by atoms with van der Waals surface area (Å²) in [6, 6.07) is 0. The summed E-state index contributed by atoms with van der Waals surface area (Å²) in [6.07, 6.45) is 1.41. The summed E-state index contributed by atoms with van der Waals surface area (Å²) in [6.45, 7) is 3.02. The van der Waals surface area contributed by atoms with E-state index < -0.39 is 16.1 Å². The van der Waals surface area contributed by atoms with Crippen molar-refractivity contribution in [2.24, 2.45) is 0 Å². The van der Waals surface area contributed by atoms with Crippen LogP contribution < -0.4 is 5.32 Å². The molecular formula is C8H18N2O4S. The molecule has 0 saturated carbocycles. The molecule has 0 aliphatic rings. The Morgan fingerprint density at radius 2 is 2.00 bits per heavy atom. The molecule has 7 heteroatoms. The maximum absolute atomic E-state index is 11.2. The number of carbonyl (C=O) groups is 1. The summed E-state index contributed by atoms with van der Waals surface area (Å²) in [5.74, 6) is 0. The van der Waals surface area contributed by atoms with Crippen molar-refractivity contribution < 1.29 is 18.3 Å². The van der Waals surface area contributed by atoms with Gasteiger partial charge in [-0.2, -0.15) is 0 Å². The van der Waals surface area contributed by atoms with Gasteiger partial charge in [0.25, 0.3) is 0 Å². The zero-order chi connectivity index (χ0) is 11.9. The van der Waals surface area contributed by atoms with E-state index in [1.165, 1.54) is 10.6 Å². The summed E-state index contributed by atoms with van der Waals surface area (Å²) >= 11 is 0. The third-order valence-corrected chi connectivity index (χ3v) is 3.31. The Morgan fingerprint density at radius 3 is 2.40 bits per heavy atom. The average molecular weight is 238 g/mol. The lowest BCUT2D eigenvalue weighted by Gasteiger charge is -2.17. The van der Waals surface area contributed by atoms with Gasteiger partial charge in [-0.05, 0) is 12.8 Å². The zero-order valence-electron chi connectivity index (χ0n) is 9.06. The molecule has 0 unspecified atom stereocenters. The van der Waals surface area contributed by atoms with Crippen molar-refractivity contribution in [3.63, 3.8) is 0 Å². The van der Waals surface area contributed by atoms with Gasteiger partial charge in [-0.3, -0.25) is 0 Å². The van der Waals surface area contributed by atoms with Crippen LogP contribution in [0.1, 0.15) is 19.8 Å². The van der Waals surface area contributed by atoms with Crippen molar-refractivity contribution in [2.45, 2.75) is 19.8 Å². The van der Waals surface area contributed by atoms with E-state index in [9.17, 15) is 13.2 Å². The predicted octanol–water partition coefficient (Wildman–Crippen LogP) is 0.316.